The fraction of sp³-hybridized carbons (Fsp3) is 1.00. The Labute approximate surface area is 121 Å². The number of likely N-dealkylation sites (N-methyl/N-ethyl adjacent to an activating group) is 1. The molecule has 19 heavy (non-hydrogen) atoms. The van der Waals surface area contributed by atoms with Gasteiger partial charge in [0.15, 0.2) is 0 Å². The van der Waals surface area contributed by atoms with E-state index in [4.69, 9.17) is 0 Å². The van der Waals surface area contributed by atoms with Crippen LogP contribution in [0.3, 0.4) is 0 Å². The Kier molecular flexibility index (Phi) is 7.38. The highest BCUT2D eigenvalue weighted by Gasteiger charge is 2.27. The largest absolute Gasteiger partial charge is 0.312 e. The van der Waals surface area contributed by atoms with Crippen LogP contribution in [0.15, 0.2) is 0 Å². The van der Waals surface area contributed by atoms with Gasteiger partial charge < -0.3 is 10.2 Å². The highest BCUT2D eigenvalue weighted by atomic mass is 15.1. The van der Waals surface area contributed by atoms with Gasteiger partial charge in [-0.1, -0.05) is 47.0 Å². The minimum Gasteiger partial charge on any atom is -0.312 e. The van der Waals surface area contributed by atoms with Crippen molar-refractivity contribution >= 4 is 0 Å². The van der Waals surface area contributed by atoms with Crippen molar-refractivity contribution in [3.05, 3.63) is 0 Å². The second-order valence-electron chi connectivity index (χ2n) is 7.02. The third kappa shape index (κ3) is 5.07. The van der Waals surface area contributed by atoms with Crippen LogP contribution < -0.4 is 5.32 Å². The van der Waals surface area contributed by atoms with Gasteiger partial charge in [0.25, 0.3) is 0 Å². The lowest BCUT2D eigenvalue weighted by molar-refractivity contribution is 0.165. The molecule has 1 fully saturated rings. The minimum atomic E-state index is 0.680. The number of hydrogen-bond donors (Lipinski definition) is 1. The maximum Gasteiger partial charge on any atom is 0.0242 e. The van der Waals surface area contributed by atoms with E-state index in [1.165, 1.54) is 32.1 Å². The highest BCUT2D eigenvalue weighted by molar-refractivity contribution is 4.84. The van der Waals surface area contributed by atoms with Crippen molar-refractivity contribution in [2.45, 2.75) is 71.9 Å². The maximum absolute atomic E-state index is 3.89. The van der Waals surface area contributed by atoms with Gasteiger partial charge in [-0.15, -0.1) is 0 Å². The van der Waals surface area contributed by atoms with Crippen LogP contribution >= 0.6 is 0 Å². The first kappa shape index (κ1) is 17.0. The number of rotatable bonds is 7. The Morgan fingerprint density at radius 3 is 2.26 bits per heavy atom. The lowest BCUT2D eigenvalue weighted by atomic mass is 9.80. The Morgan fingerprint density at radius 1 is 1.11 bits per heavy atom. The first-order valence-corrected chi connectivity index (χ1v) is 8.39. The second kappa shape index (κ2) is 8.26. The molecule has 1 aliphatic rings. The Morgan fingerprint density at radius 2 is 1.74 bits per heavy atom. The zero-order chi connectivity index (χ0) is 14.4. The van der Waals surface area contributed by atoms with Crippen molar-refractivity contribution in [1.82, 2.24) is 10.2 Å². The standard InChI is InChI=1S/C17H36N2/c1-7-15(8-2)17(19(5)6)12-18-16-11-13(3)9-10-14(16)4/h13-18H,7-12H2,1-6H3. The van der Waals surface area contributed by atoms with Gasteiger partial charge in [-0.2, -0.15) is 0 Å². The van der Waals surface area contributed by atoms with E-state index in [1.54, 1.807) is 0 Å². The summed E-state index contributed by atoms with van der Waals surface area (Å²) < 4.78 is 0. The summed E-state index contributed by atoms with van der Waals surface area (Å²) in [5.41, 5.74) is 0. The summed E-state index contributed by atoms with van der Waals surface area (Å²) in [5, 5.41) is 3.89. The molecule has 2 heteroatoms. The first-order chi connectivity index (χ1) is 8.99. The zero-order valence-corrected chi connectivity index (χ0v) is 14.1. The van der Waals surface area contributed by atoms with Crippen LogP contribution in [0.25, 0.3) is 0 Å². The molecule has 0 bridgehead atoms. The summed E-state index contributed by atoms with van der Waals surface area (Å²) >= 11 is 0. The molecular formula is C17H36N2. The third-order valence-electron chi connectivity index (χ3n) is 5.30. The number of hydrogen-bond acceptors (Lipinski definition) is 2. The van der Waals surface area contributed by atoms with Gasteiger partial charge in [0.1, 0.15) is 0 Å². The van der Waals surface area contributed by atoms with Crippen molar-refractivity contribution in [1.29, 1.82) is 0 Å². The minimum absolute atomic E-state index is 0.680. The monoisotopic (exact) mass is 268 g/mol. The van der Waals surface area contributed by atoms with Gasteiger partial charge in [0, 0.05) is 18.6 Å². The molecule has 0 saturated heterocycles. The molecule has 0 aliphatic heterocycles. The van der Waals surface area contributed by atoms with Crippen molar-refractivity contribution in [2.24, 2.45) is 17.8 Å². The van der Waals surface area contributed by atoms with E-state index in [1.807, 2.05) is 0 Å². The van der Waals surface area contributed by atoms with Crippen molar-refractivity contribution < 1.29 is 0 Å². The molecule has 0 heterocycles. The van der Waals surface area contributed by atoms with E-state index in [-0.39, 0.29) is 0 Å². The molecule has 0 spiro atoms. The fourth-order valence-electron chi connectivity index (χ4n) is 3.69. The fourth-order valence-corrected chi connectivity index (χ4v) is 3.69. The smallest absolute Gasteiger partial charge is 0.0242 e. The van der Waals surface area contributed by atoms with Gasteiger partial charge >= 0.3 is 0 Å². The SMILES string of the molecule is CCC(CC)C(CNC1CC(C)CCC1C)N(C)C. The van der Waals surface area contributed by atoms with Crippen LogP contribution in [-0.4, -0.2) is 37.6 Å². The first-order valence-electron chi connectivity index (χ1n) is 8.39. The average Bonchev–Trinajstić information content (AvgIpc) is 2.37. The van der Waals surface area contributed by atoms with E-state index in [0.717, 1.165) is 30.3 Å². The molecule has 0 radical (unpaired) electrons. The van der Waals surface area contributed by atoms with E-state index in [2.05, 4.69) is 52.0 Å². The molecule has 4 unspecified atom stereocenters. The van der Waals surface area contributed by atoms with E-state index in [0.29, 0.717) is 6.04 Å². The van der Waals surface area contributed by atoms with E-state index in [9.17, 15) is 0 Å². The Balaban J connectivity index is 2.50. The van der Waals surface area contributed by atoms with Crippen LogP contribution in [0.4, 0.5) is 0 Å². The molecule has 2 nitrogen and oxygen atoms in total. The van der Waals surface area contributed by atoms with Gasteiger partial charge in [0.05, 0.1) is 0 Å². The molecule has 1 N–H and O–H groups in total. The molecule has 1 aliphatic carbocycles. The zero-order valence-electron chi connectivity index (χ0n) is 14.1. The molecule has 0 amide bonds. The predicted octanol–water partition coefficient (Wildman–Crippen LogP) is 3.77. The van der Waals surface area contributed by atoms with Crippen LogP contribution in [0.5, 0.6) is 0 Å². The summed E-state index contributed by atoms with van der Waals surface area (Å²) in [6.45, 7) is 10.6. The van der Waals surface area contributed by atoms with Crippen LogP contribution in [0, 0.1) is 17.8 Å². The molecule has 0 aromatic heterocycles. The summed E-state index contributed by atoms with van der Waals surface area (Å²) in [6.07, 6.45) is 6.76. The normalized spacial score (nSPS) is 30.0. The average molecular weight is 268 g/mol. The molecule has 114 valence electrons. The summed E-state index contributed by atoms with van der Waals surface area (Å²) in [4.78, 5) is 2.42. The van der Waals surface area contributed by atoms with Gasteiger partial charge in [-0.25, -0.2) is 0 Å². The Bertz CT molecular complexity index is 235. The summed E-state index contributed by atoms with van der Waals surface area (Å²) in [7, 11) is 4.47. The van der Waals surface area contributed by atoms with E-state index < -0.39 is 0 Å². The molecule has 4 atom stereocenters. The van der Waals surface area contributed by atoms with Crippen LogP contribution in [0.2, 0.25) is 0 Å². The molecular weight excluding hydrogens is 232 g/mol. The number of nitrogens with one attached hydrogen (secondary N) is 1. The van der Waals surface area contributed by atoms with E-state index >= 15 is 0 Å². The van der Waals surface area contributed by atoms with Crippen molar-refractivity contribution in [3.8, 4) is 0 Å². The lowest BCUT2D eigenvalue weighted by Crippen LogP contribution is -2.48. The predicted molar refractivity (Wildman–Crippen MR) is 85.5 cm³/mol. The number of nitrogens with zero attached hydrogens (tertiary/aromatic N) is 1. The van der Waals surface area contributed by atoms with Crippen LogP contribution in [0.1, 0.15) is 59.8 Å². The Hall–Kier alpha value is -0.0800. The van der Waals surface area contributed by atoms with Crippen molar-refractivity contribution in [2.75, 3.05) is 20.6 Å². The molecule has 0 aromatic carbocycles. The van der Waals surface area contributed by atoms with Crippen molar-refractivity contribution in [3.63, 3.8) is 0 Å². The van der Waals surface area contributed by atoms with Gasteiger partial charge in [0.2, 0.25) is 0 Å². The van der Waals surface area contributed by atoms with Crippen LogP contribution in [-0.2, 0) is 0 Å². The second-order valence-corrected chi connectivity index (χ2v) is 7.02. The highest BCUT2D eigenvalue weighted by Crippen LogP contribution is 2.28. The molecule has 1 saturated carbocycles. The topological polar surface area (TPSA) is 15.3 Å². The van der Waals surface area contributed by atoms with Gasteiger partial charge in [-0.05, 0) is 44.7 Å². The summed E-state index contributed by atoms with van der Waals surface area (Å²) in [6, 6.07) is 1.42. The molecule has 1 rings (SSSR count). The summed E-state index contributed by atoms with van der Waals surface area (Å²) in [5.74, 6) is 2.57. The maximum atomic E-state index is 3.89. The lowest BCUT2D eigenvalue weighted by Gasteiger charge is -2.37. The quantitative estimate of drug-likeness (QED) is 0.756. The third-order valence-corrected chi connectivity index (χ3v) is 5.30. The van der Waals surface area contributed by atoms with Gasteiger partial charge in [-0.3, -0.25) is 0 Å². The molecule has 0 aromatic rings.